The van der Waals surface area contributed by atoms with E-state index in [4.69, 9.17) is 11.6 Å². The van der Waals surface area contributed by atoms with Crippen LogP contribution in [0.1, 0.15) is 16.8 Å². The van der Waals surface area contributed by atoms with Crippen LogP contribution >= 0.6 is 11.6 Å². The zero-order chi connectivity index (χ0) is 14.3. The van der Waals surface area contributed by atoms with Crippen molar-refractivity contribution in [3.63, 3.8) is 0 Å². The number of nitrogens with one attached hydrogen (secondary N) is 1. The summed E-state index contributed by atoms with van der Waals surface area (Å²) in [7, 11) is 0. The minimum atomic E-state index is -0.546. The van der Waals surface area contributed by atoms with Crippen molar-refractivity contribution < 1.29 is 9.18 Å². The van der Waals surface area contributed by atoms with Crippen molar-refractivity contribution in [1.82, 2.24) is 4.98 Å². The van der Waals surface area contributed by atoms with Crippen LogP contribution in [-0.4, -0.2) is 10.9 Å². The number of nitrogens with zero attached hydrogens (tertiary/aromatic N) is 1. The van der Waals surface area contributed by atoms with E-state index < -0.39 is 5.82 Å². The molecular formula is C15H10ClFN2O. The highest BCUT2D eigenvalue weighted by Crippen LogP contribution is 2.32. The lowest BCUT2D eigenvalue weighted by molar-refractivity contribution is -0.110. The minimum absolute atomic E-state index is 0.0230. The smallest absolute Gasteiger partial charge is 0.258 e. The first-order valence-corrected chi connectivity index (χ1v) is 6.38. The second-order valence-electron chi connectivity index (χ2n) is 4.56. The van der Waals surface area contributed by atoms with E-state index in [1.54, 1.807) is 18.3 Å². The van der Waals surface area contributed by atoms with E-state index in [0.717, 1.165) is 5.56 Å². The van der Waals surface area contributed by atoms with Gasteiger partial charge in [-0.2, -0.15) is 0 Å². The summed E-state index contributed by atoms with van der Waals surface area (Å²) >= 11 is 5.74. The largest absolute Gasteiger partial charge is 0.320 e. The molecule has 0 unspecified atom stereocenters. The van der Waals surface area contributed by atoms with Crippen LogP contribution in [0.2, 0.25) is 5.02 Å². The highest BCUT2D eigenvalue weighted by molar-refractivity contribution is 6.34. The Bertz CT molecular complexity index is 756. The Kier molecular flexibility index (Phi) is 3.03. The van der Waals surface area contributed by atoms with Crippen LogP contribution < -0.4 is 5.32 Å². The SMILES string of the molecule is Cc1cnc2c(c1)NC(=O)/C2=C\c1cccc(Cl)c1F. The van der Waals surface area contributed by atoms with Crippen LogP contribution in [0.4, 0.5) is 10.1 Å². The summed E-state index contributed by atoms with van der Waals surface area (Å²) in [5, 5.41) is 2.74. The summed E-state index contributed by atoms with van der Waals surface area (Å²) in [5.74, 6) is -0.840. The Balaban J connectivity index is 2.14. The molecule has 1 N–H and O–H groups in total. The van der Waals surface area contributed by atoms with Gasteiger partial charge in [0.2, 0.25) is 0 Å². The van der Waals surface area contributed by atoms with Crippen LogP contribution in [0.5, 0.6) is 0 Å². The quantitative estimate of drug-likeness (QED) is 0.814. The van der Waals surface area contributed by atoms with E-state index in [-0.39, 0.29) is 16.5 Å². The van der Waals surface area contributed by atoms with E-state index in [1.807, 2.05) is 13.0 Å². The maximum atomic E-state index is 13.9. The van der Waals surface area contributed by atoms with Gasteiger partial charge in [-0.1, -0.05) is 23.7 Å². The van der Waals surface area contributed by atoms with Gasteiger partial charge in [0.05, 0.1) is 22.0 Å². The van der Waals surface area contributed by atoms with Crippen LogP contribution in [0, 0.1) is 12.7 Å². The van der Waals surface area contributed by atoms with Gasteiger partial charge in [-0.25, -0.2) is 4.39 Å². The van der Waals surface area contributed by atoms with Crippen LogP contribution in [0.25, 0.3) is 11.6 Å². The summed E-state index contributed by atoms with van der Waals surface area (Å²) in [6, 6.07) is 6.49. The Morgan fingerprint density at radius 1 is 1.40 bits per heavy atom. The number of benzene rings is 1. The van der Waals surface area contributed by atoms with E-state index in [2.05, 4.69) is 10.3 Å². The summed E-state index contributed by atoms with van der Waals surface area (Å²) < 4.78 is 13.9. The number of aromatic nitrogens is 1. The fourth-order valence-corrected chi connectivity index (χ4v) is 2.28. The number of pyridine rings is 1. The lowest BCUT2D eigenvalue weighted by Gasteiger charge is -2.01. The van der Waals surface area contributed by atoms with Gasteiger partial charge in [0.15, 0.2) is 0 Å². The Morgan fingerprint density at radius 3 is 3.00 bits per heavy atom. The summed E-state index contributed by atoms with van der Waals surface area (Å²) in [4.78, 5) is 16.2. The molecule has 0 radical (unpaired) electrons. The molecule has 100 valence electrons. The lowest BCUT2D eigenvalue weighted by atomic mass is 10.1. The molecule has 3 nitrogen and oxygen atoms in total. The molecule has 0 saturated carbocycles. The first-order chi connectivity index (χ1) is 9.56. The van der Waals surface area contributed by atoms with Crippen molar-refractivity contribution in [3.05, 3.63) is 58.1 Å². The van der Waals surface area contributed by atoms with Gasteiger partial charge in [-0.3, -0.25) is 9.78 Å². The molecule has 20 heavy (non-hydrogen) atoms. The third kappa shape index (κ3) is 2.08. The number of anilines is 1. The van der Waals surface area contributed by atoms with Crippen molar-refractivity contribution in [3.8, 4) is 0 Å². The first-order valence-electron chi connectivity index (χ1n) is 6.00. The maximum Gasteiger partial charge on any atom is 0.258 e. The van der Waals surface area contributed by atoms with Crippen LogP contribution in [0.15, 0.2) is 30.5 Å². The number of carbonyl (C=O) groups excluding carboxylic acids is 1. The number of carbonyl (C=O) groups is 1. The van der Waals surface area contributed by atoms with Gasteiger partial charge in [0.1, 0.15) is 5.82 Å². The standard InChI is InChI=1S/C15H10ClFN2O/c1-8-5-12-14(18-7-8)10(15(20)19-12)6-9-3-2-4-11(16)13(9)17/h2-7H,1H3,(H,19,20)/b10-6-. The second-order valence-corrected chi connectivity index (χ2v) is 4.97. The first kappa shape index (κ1) is 12.8. The predicted octanol–water partition coefficient (Wildman–Crippen LogP) is 3.68. The molecule has 1 aliphatic heterocycles. The Labute approximate surface area is 120 Å². The number of fused-ring (bicyclic) bond motifs is 1. The Hall–Kier alpha value is -2.20. The zero-order valence-corrected chi connectivity index (χ0v) is 11.3. The van der Waals surface area contributed by atoms with Crippen LogP contribution in [0.3, 0.4) is 0 Å². The van der Waals surface area contributed by atoms with Gasteiger partial charge in [-0.05, 0) is 30.7 Å². The number of halogens is 2. The van der Waals surface area contributed by atoms with Gasteiger partial charge in [0, 0.05) is 11.8 Å². The van der Waals surface area contributed by atoms with E-state index in [0.29, 0.717) is 17.0 Å². The van der Waals surface area contributed by atoms with Crippen molar-refractivity contribution >= 4 is 34.8 Å². The number of aryl methyl sites for hydroxylation is 1. The van der Waals surface area contributed by atoms with Crippen LogP contribution in [-0.2, 0) is 4.79 Å². The third-order valence-corrected chi connectivity index (χ3v) is 3.35. The predicted molar refractivity (Wildman–Crippen MR) is 76.9 cm³/mol. The second kappa shape index (κ2) is 4.72. The average molecular weight is 289 g/mol. The highest BCUT2D eigenvalue weighted by atomic mass is 35.5. The van der Waals surface area contributed by atoms with Crippen molar-refractivity contribution in [2.45, 2.75) is 6.92 Å². The fraction of sp³-hybridized carbons (Fsp3) is 0.0667. The normalized spacial score (nSPS) is 15.3. The molecule has 0 saturated heterocycles. The van der Waals surface area contributed by atoms with Gasteiger partial charge >= 0.3 is 0 Å². The summed E-state index contributed by atoms with van der Waals surface area (Å²) in [5.41, 5.74) is 2.71. The molecule has 3 rings (SSSR count). The molecule has 1 aromatic carbocycles. The Morgan fingerprint density at radius 2 is 2.20 bits per heavy atom. The van der Waals surface area contributed by atoms with Gasteiger partial charge < -0.3 is 5.32 Å². The molecule has 0 aliphatic carbocycles. The molecule has 1 aliphatic rings. The number of hydrogen-bond donors (Lipinski definition) is 1. The van der Waals surface area contributed by atoms with Crippen molar-refractivity contribution in [1.29, 1.82) is 0 Å². The van der Waals surface area contributed by atoms with E-state index >= 15 is 0 Å². The molecule has 5 heteroatoms. The molecule has 2 heterocycles. The molecule has 0 bridgehead atoms. The third-order valence-electron chi connectivity index (χ3n) is 3.05. The van der Waals surface area contributed by atoms with Gasteiger partial charge in [-0.15, -0.1) is 0 Å². The molecule has 2 aromatic rings. The van der Waals surface area contributed by atoms with E-state index in [1.165, 1.54) is 12.1 Å². The number of amides is 1. The summed E-state index contributed by atoms with van der Waals surface area (Å²) in [6.45, 7) is 1.89. The molecule has 0 fully saturated rings. The number of rotatable bonds is 1. The molecule has 0 atom stereocenters. The topological polar surface area (TPSA) is 42.0 Å². The highest BCUT2D eigenvalue weighted by Gasteiger charge is 2.26. The van der Waals surface area contributed by atoms with Gasteiger partial charge in [0.25, 0.3) is 5.91 Å². The average Bonchev–Trinajstić information content (AvgIpc) is 2.70. The molecular weight excluding hydrogens is 279 g/mol. The molecule has 0 spiro atoms. The van der Waals surface area contributed by atoms with E-state index in [9.17, 15) is 9.18 Å². The monoisotopic (exact) mass is 288 g/mol. The lowest BCUT2D eigenvalue weighted by Crippen LogP contribution is -2.03. The number of hydrogen-bond acceptors (Lipinski definition) is 2. The van der Waals surface area contributed by atoms with Crippen molar-refractivity contribution in [2.75, 3.05) is 5.32 Å². The molecule has 1 aromatic heterocycles. The van der Waals surface area contributed by atoms with Crippen molar-refractivity contribution in [2.24, 2.45) is 0 Å². The zero-order valence-electron chi connectivity index (χ0n) is 10.6. The molecule has 1 amide bonds. The maximum absolute atomic E-state index is 13.9. The summed E-state index contributed by atoms with van der Waals surface area (Å²) in [6.07, 6.45) is 3.13. The fourth-order valence-electron chi connectivity index (χ4n) is 2.10. The minimum Gasteiger partial charge on any atom is -0.320 e.